The molecule has 2 saturated heterocycles. The summed E-state index contributed by atoms with van der Waals surface area (Å²) in [7, 11) is 0. The van der Waals surface area contributed by atoms with Gasteiger partial charge in [-0.1, -0.05) is 18.2 Å². The minimum absolute atomic E-state index is 0.0632. The molecular weight excluding hydrogens is 592 g/mol. The molecule has 2 aliphatic rings. The summed E-state index contributed by atoms with van der Waals surface area (Å²) in [6.45, 7) is 9.21. The summed E-state index contributed by atoms with van der Waals surface area (Å²) >= 11 is 0. The number of carbonyl (C=O) groups is 2. The summed E-state index contributed by atoms with van der Waals surface area (Å²) in [5.41, 5.74) is 8.32. The Morgan fingerprint density at radius 2 is 1.70 bits per heavy atom. The van der Waals surface area contributed by atoms with E-state index in [0.717, 1.165) is 30.0 Å². The van der Waals surface area contributed by atoms with E-state index in [1.54, 1.807) is 24.1 Å². The minimum atomic E-state index is -0.529. The number of nitriles is 1. The molecule has 4 heterocycles. The molecule has 2 fully saturated rings. The molecule has 242 valence electrons. The maximum Gasteiger partial charge on any atom is 0.264 e. The Labute approximate surface area is 274 Å². The van der Waals surface area contributed by atoms with E-state index in [2.05, 4.69) is 16.0 Å². The van der Waals surface area contributed by atoms with Crippen molar-refractivity contribution in [3.8, 4) is 28.8 Å². The van der Waals surface area contributed by atoms with E-state index in [1.165, 1.54) is 0 Å². The number of aromatic nitrogens is 3. The molecule has 2 amide bonds. The highest BCUT2D eigenvalue weighted by molar-refractivity contribution is 5.97. The Morgan fingerprint density at radius 3 is 2.38 bits per heavy atom. The van der Waals surface area contributed by atoms with E-state index in [-0.39, 0.29) is 23.3 Å². The Hall–Kier alpha value is -5.21. The zero-order valence-corrected chi connectivity index (χ0v) is 27.1. The molecule has 2 aliphatic heterocycles. The van der Waals surface area contributed by atoms with Crippen LogP contribution < -0.4 is 10.5 Å². The second-order valence-corrected chi connectivity index (χ2v) is 12.7. The first-order chi connectivity index (χ1) is 22.6. The van der Waals surface area contributed by atoms with Crippen LogP contribution in [0.1, 0.15) is 45.4 Å². The lowest BCUT2D eigenvalue weighted by Gasteiger charge is -2.42. The number of nitrogens with two attached hydrogens (primary N) is 1. The third kappa shape index (κ3) is 6.69. The van der Waals surface area contributed by atoms with Gasteiger partial charge in [0.2, 0.25) is 5.91 Å². The molecule has 0 aliphatic carbocycles. The van der Waals surface area contributed by atoms with Gasteiger partial charge in [-0.25, -0.2) is 9.97 Å². The number of hydrogen-bond donors (Lipinski definition) is 1. The van der Waals surface area contributed by atoms with Crippen molar-refractivity contribution in [1.29, 1.82) is 5.26 Å². The lowest BCUT2D eigenvalue weighted by Crippen LogP contribution is -2.55. The summed E-state index contributed by atoms with van der Waals surface area (Å²) in [4.78, 5) is 40.9. The highest BCUT2D eigenvalue weighted by Gasteiger charge is 2.34. The van der Waals surface area contributed by atoms with Crippen LogP contribution in [0.2, 0.25) is 0 Å². The number of fused-ring (bicyclic) bond motifs is 1. The largest absolute Gasteiger partial charge is 0.457 e. The lowest BCUT2D eigenvalue weighted by atomic mass is 9.94. The van der Waals surface area contributed by atoms with E-state index in [4.69, 9.17) is 15.5 Å². The van der Waals surface area contributed by atoms with Gasteiger partial charge in [0.15, 0.2) is 0 Å². The SMILES string of the molecule is CC(=O)N1CCN(C(C)(C)C=C(C#N)C(=O)N2CCCC(c3nc(-c4ccc(Oc5ccccc5)cc4)c4c(N)nccn34)C2)CC1. The number of hydrogen-bond acceptors (Lipinski definition) is 8. The number of piperazine rings is 1. The first-order valence-corrected chi connectivity index (χ1v) is 16.0. The monoisotopic (exact) mass is 632 g/mol. The molecule has 0 radical (unpaired) electrons. The van der Waals surface area contributed by atoms with Crippen molar-refractivity contribution < 1.29 is 14.3 Å². The van der Waals surface area contributed by atoms with Gasteiger partial charge in [-0.2, -0.15) is 5.26 Å². The fourth-order valence-corrected chi connectivity index (χ4v) is 6.61. The van der Waals surface area contributed by atoms with E-state index in [9.17, 15) is 14.9 Å². The molecule has 47 heavy (non-hydrogen) atoms. The molecule has 2 aromatic heterocycles. The van der Waals surface area contributed by atoms with Gasteiger partial charge in [-0.15, -0.1) is 0 Å². The normalized spacial score (nSPS) is 17.8. The number of imidazole rings is 1. The standard InChI is InChI=1S/C36H40N8O3/c1-25(45)41-18-20-43(21-19-41)36(2,3)22-28(23-37)35(46)42-16-7-8-27(24-42)34-40-31(32-33(38)39-15-17-44(32)34)26-11-13-30(14-12-26)47-29-9-5-4-6-10-29/h4-6,9-15,17,22,27H,7-8,16,18-21,24H2,1-3H3,(H2,38,39). The van der Waals surface area contributed by atoms with Crippen LogP contribution in [0.15, 0.2) is 78.6 Å². The molecule has 0 saturated carbocycles. The molecule has 0 spiro atoms. The van der Waals surface area contributed by atoms with E-state index in [1.807, 2.05) is 83.9 Å². The van der Waals surface area contributed by atoms with Crippen LogP contribution in [0.4, 0.5) is 5.82 Å². The zero-order chi connectivity index (χ0) is 33.1. The Bertz CT molecular complexity index is 1830. The van der Waals surface area contributed by atoms with E-state index < -0.39 is 5.54 Å². The summed E-state index contributed by atoms with van der Waals surface area (Å²) in [6, 6.07) is 19.5. The van der Waals surface area contributed by atoms with Crippen LogP contribution in [-0.4, -0.2) is 85.7 Å². The molecule has 6 rings (SSSR count). The fourth-order valence-electron chi connectivity index (χ4n) is 6.61. The van der Waals surface area contributed by atoms with Crippen LogP contribution in [0.25, 0.3) is 16.8 Å². The van der Waals surface area contributed by atoms with Crippen LogP contribution in [0, 0.1) is 11.3 Å². The summed E-state index contributed by atoms with van der Waals surface area (Å²) in [5, 5.41) is 10.1. The molecule has 2 aromatic carbocycles. The van der Waals surface area contributed by atoms with Gasteiger partial charge in [0.05, 0.1) is 0 Å². The maximum atomic E-state index is 13.8. The molecule has 1 atom stereocenters. The molecule has 2 N–H and O–H groups in total. The van der Waals surface area contributed by atoms with Crippen LogP contribution in [0.3, 0.4) is 0 Å². The van der Waals surface area contributed by atoms with Gasteiger partial charge in [-0.3, -0.25) is 18.9 Å². The Balaban J connectivity index is 1.23. The Morgan fingerprint density at radius 1 is 1.00 bits per heavy atom. The van der Waals surface area contributed by atoms with Crippen molar-refractivity contribution >= 4 is 23.1 Å². The van der Waals surface area contributed by atoms with Crippen molar-refractivity contribution in [2.45, 2.75) is 45.1 Å². The van der Waals surface area contributed by atoms with Crippen molar-refractivity contribution in [3.05, 3.63) is 84.5 Å². The predicted octanol–water partition coefficient (Wildman–Crippen LogP) is 4.87. The highest BCUT2D eigenvalue weighted by atomic mass is 16.5. The van der Waals surface area contributed by atoms with Crippen LogP contribution in [0.5, 0.6) is 11.5 Å². The molecule has 11 heteroatoms. The van der Waals surface area contributed by atoms with E-state index >= 15 is 0 Å². The number of piperidine rings is 1. The lowest BCUT2D eigenvalue weighted by molar-refractivity contribution is -0.131. The number of anilines is 1. The first kappa shape index (κ1) is 31.8. The quantitative estimate of drug-likeness (QED) is 0.225. The summed E-state index contributed by atoms with van der Waals surface area (Å²) in [6.07, 6.45) is 6.92. The highest BCUT2D eigenvalue weighted by Crippen LogP contribution is 2.35. The van der Waals surface area contributed by atoms with Crippen molar-refractivity contribution in [2.75, 3.05) is 45.0 Å². The maximum absolute atomic E-state index is 13.8. The topological polar surface area (TPSA) is 133 Å². The van der Waals surface area contributed by atoms with Gasteiger partial charge in [0.1, 0.15) is 46.0 Å². The second-order valence-electron chi connectivity index (χ2n) is 12.7. The number of rotatable bonds is 7. The zero-order valence-electron chi connectivity index (χ0n) is 27.1. The average Bonchev–Trinajstić information content (AvgIpc) is 3.49. The molecule has 1 unspecified atom stereocenters. The summed E-state index contributed by atoms with van der Waals surface area (Å²) < 4.78 is 7.96. The van der Waals surface area contributed by atoms with Crippen LogP contribution in [-0.2, 0) is 9.59 Å². The number of nitrogens with zero attached hydrogens (tertiary/aromatic N) is 7. The number of ether oxygens (including phenoxy) is 1. The molecular formula is C36H40N8O3. The number of amides is 2. The van der Waals surface area contributed by atoms with Gasteiger partial charge in [0.25, 0.3) is 5.91 Å². The Kier molecular flexibility index (Phi) is 8.96. The van der Waals surface area contributed by atoms with Gasteiger partial charge in [0, 0.05) is 75.6 Å². The number of nitrogen functional groups attached to an aromatic ring is 1. The van der Waals surface area contributed by atoms with Gasteiger partial charge < -0.3 is 20.3 Å². The minimum Gasteiger partial charge on any atom is -0.457 e. The van der Waals surface area contributed by atoms with Gasteiger partial charge >= 0.3 is 0 Å². The molecule has 0 bridgehead atoms. The smallest absolute Gasteiger partial charge is 0.264 e. The average molecular weight is 633 g/mol. The number of para-hydroxylation sites is 1. The number of likely N-dealkylation sites (tertiary alicyclic amines) is 1. The van der Waals surface area contributed by atoms with Gasteiger partial charge in [-0.05, 0) is 69.2 Å². The third-order valence-corrected chi connectivity index (χ3v) is 9.18. The van der Waals surface area contributed by atoms with Crippen LogP contribution >= 0.6 is 0 Å². The number of benzene rings is 2. The van der Waals surface area contributed by atoms with Crippen molar-refractivity contribution in [3.63, 3.8) is 0 Å². The molecule has 11 nitrogen and oxygen atoms in total. The first-order valence-electron chi connectivity index (χ1n) is 16.0. The van der Waals surface area contributed by atoms with E-state index in [0.29, 0.717) is 62.0 Å². The fraction of sp³-hybridized carbons (Fsp3) is 0.361. The predicted molar refractivity (Wildman–Crippen MR) is 180 cm³/mol. The third-order valence-electron chi connectivity index (χ3n) is 9.18. The van der Waals surface area contributed by atoms with Crippen molar-refractivity contribution in [2.24, 2.45) is 0 Å². The molecule has 4 aromatic rings. The number of carbonyl (C=O) groups excluding carboxylic acids is 2. The van der Waals surface area contributed by atoms with Crippen molar-refractivity contribution in [1.82, 2.24) is 29.1 Å². The second kappa shape index (κ2) is 13.3. The summed E-state index contributed by atoms with van der Waals surface area (Å²) in [5.74, 6) is 2.36.